The van der Waals surface area contributed by atoms with Gasteiger partial charge in [0.1, 0.15) is 5.82 Å². The molecular weight excluding hydrogens is 521 g/mol. The Morgan fingerprint density at radius 1 is 1.22 bits per heavy atom. The molecule has 2 N–H and O–H groups in total. The van der Waals surface area contributed by atoms with Gasteiger partial charge in [0.15, 0.2) is 5.96 Å². The molecule has 2 aromatic rings. The molecule has 1 heterocycles. The highest BCUT2D eigenvalue weighted by molar-refractivity contribution is 14.0. The summed E-state index contributed by atoms with van der Waals surface area (Å²) in [6.45, 7) is 3.11. The maximum atomic E-state index is 12.0. The van der Waals surface area contributed by atoms with Crippen LogP contribution >= 0.6 is 39.9 Å². The molecule has 0 bridgehead atoms. The lowest BCUT2D eigenvalue weighted by molar-refractivity contribution is -0.116. The molecule has 0 aliphatic carbocycles. The van der Waals surface area contributed by atoms with Crippen LogP contribution in [0.5, 0.6) is 0 Å². The summed E-state index contributed by atoms with van der Waals surface area (Å²) in [6.07, 6.45) is 0.334. The van der Waals surface area contributed by atoms with E-state index in [4.69, 9.17) is 0 Å². The summed E-state index contributed by atoms with van der Waals surface area (Å²) in [6, 6.07) is 13.7. The van der Waals surface area contributed by atoms with E-state index in [0.29, 0.717) is 18.8 Å². The van der Waals surface area contributed by atoms with E-state index in [9.17, 15) is 4.79 Å². The van der Waals surface area contributed by atoms with E-state index in [2.05, 4.69) is 48.7 Å². The number of rotatable bonds is 6. The van der Waals surface area contributed by atoms with Crippen LogP contribution in [0.15, 0.2) is 51.9 Å². The zero-order valence-electron chi connectivity index (χ0n) is 15.7. The van der Waals surface area contributed by atoms with Crippen molar-refractivity contribution in [3.8, 4) is 0 Å². The van der Waals surface area contributed by atoms with Gasteiger partial charge in [-0.1, -0.05) is 34.1 Å². The molecule has 6 nitrogen and oxygen atoms in total. The highest BCUT2D eigenvalue weighted by Gasteiger charge is 2.08. The Hall–Kier alpha value is -1.68. The minimum atomic E-state index is -0.0818. The van der Waals surface area contributed by atoms with Crippen molar-refractivity contribution in [3.63, 3.8) is 0 Å². The largest absolute Gasteiger partial charge is 0.356 e. The van der Waals surface area contributed by atoms with Crippen molar-refractivity contribution in [1.82, 2.24) is 15.2 Å². The zero-order valence-corrected chi connectivity index (χ0v) is 19.6. The summed E-state index contributed by atoms with van der Waals surface area (Å²) in [5.41, 5.74) is 2.05. The highest BCUT2D eigenvalue weighted by Crippen LogP contribution is 2.11. The first-order chi connectivity index (χ1) is 12.5. The molecule has 0 saturated carbocycles. The minimum absolute atomic E-state index is 0. The number of guanidine groups is 1. The Labute approximate surface area is 186 Å². The van der Waals surface area contributed by atoms with E-state index in [1.165, 1.54) is 5.56 Å². The Kier molecular flexibility index (Phi) is 10.3. The molecule has 0 radical (unpaired) electrons. The van der Waals surface area contributed by atoms with Crippen LogP contribution in [-0.4, -0.2) is 42.4 Å². The monoisotopic (exact) mass is 545 g/mol. The smallest absolute Gasteiger partial charge is 0.227 e. The van der Waals surface area contributed by atoms with Gasteiger partial charge in [-0.2, -0.15) is 0 Å². The van der Waals surface area contributed by atoms with Crippen molar-refractivity contribution in [1.29, 1.82) is 0 Å². The number of carbonyl (C=O) groups excluding carboxylic acids is 1. The molecule has 1 aromatic heterocycles. The zero-order chi connectivity index (χ0) is 18.9. The van der Waals surface area contributed by atoms with Crippen molar-refractivity contribution < 1.29 is 4.79 Å². The average Bonchev–Trinajstić information content (AvgIpc) is 2.60. The van der Waals surface area contributed by atoms with Crippen molar-refractivity contribution in [2.75, 3.05) is 26.0 Å². The molecule has 27 heavy (non-hydrogen) atoms. The van der Waals surface area contributed by atoms with Gasteiger partial charge in [-0.3, -0.25) is 9.79 Å². The van der Waals surface area contributed by atoms with Gasteiger partial charge in [0, 0.05) is 43.8 Å². The molecule has 0 spiro atoms. The van der Waals surface area contributed by atoms with Crippen LogP contribution in [0.4, 0.5) is 5.82 Å². The van der Waals surface area contributed by atoms with Crippen molar-refractivity contribution >= 4 is 57.6 Å². The summed E-state index contributed by atoms with van der Waals surface area (Å²) in [5.74, 6) is 1.24. The number of hydrogen-bond donors (Lipinski definition) is 2. The highest BCUT2D eigenvalue weighted by atomic mass is 127. The molecule has 8 heteroatoms. The Bertz CT molecular complexity index is 767. The van der Waals surface area contributed by atoms with E-state index in [-0.39, 0.29) is 29.9 Å². The Balaban J connectivity index is 0.00000364. The van der Waals surface area contributed by atoms with Crippen LogP contribution in [0.3, 0.4) is 0 Å². The van der Waals surface area contributed by atoms with Gasteiger partial charge in [0.05, 0.1) is 0 Å². The van der Waals surface area contributed by atoms with Crippen LogP contribution in [0.1, 0.15) is 17.7 Å². The normalized spacial score (nSPS) is 10.7. The van der Waals surface area contributed by atoms with E-state index >= 15 is 0 Å². The van der Waals surface area contributed by atoms with Crippen molar-refractivity contribution in [2.45, 2.75) is 19.9 Å². The first-order valence-corrected chi connectivity index (χ1v) is 9.17. The second kappa shape index (κ2) is 11.9. The molecule has 0 fully saturated rings. The number of benzene rings is 1. The summed E-state index contributed by atoms with van der Waals surface area (Å²) >= 11 is 3.44. The molecule has 0 aliphatic rings. The third-order valence-corrected chi connectivity index (χ3v) is 4.23. The number of aromatic nitrogens is 1. The van der Waals surface area contributed by atoms with E-state index < -0.39 is 0 Å². The van der Waals surface area contributed by atoms with Crippen molar-refractivity contribution in [3.05, 3.63) is 58.2 Å². The van der Waals surface area contributed by atoms with Crippen LogP contribution in [0.2, 0.25) is 0 Å². The van der Waals surface area contributed by atoms with Crippen LogP contribution < -0.4 is 10.6 Å². The molecular formula is C19H25BrIN5O. The molecule has 1 aromatic carbocycles. The van der Waals surface area contributed by atoms with Gasteiger partial charge in [-0.05, 0) is 36.8 Å². The quantitative estimate of drug-likeness (QED) is 0.329. The summed E-state index contributed by atoms with van der Waals surface area (Å²) in [4.78, 5) is 22.6. The topological polar surface area (TPSA) is 69.6 Å². The predicted molar refractivity (Wildman–Crippen MR) is 125 cm³/mol. The van der Waals surface area contributed by atoms with Crippen molar-refractivity contribution in [2.24, 2.45) is 4.99 Å². The van der Waals surface area contributed by atoms with Crippen LogP contribution in [-0.2, 0) is 11.3 Å². The molecule has 0 saturated heterocycles. The van der Waals surface area contributed by atoms with Gasteiger partial charge < -0.3 is 15.5 Å². The van der Waals surface area contributed by atoms with Crippen LogP contribution in [0.25, 0.3) is 0 Å². The number of anilines is 1. The lowest BCUT2D eigenvalue weighted by Gasteiger charge is -2.22. The third-order valence-electron chi connectivity index (χ3n) is 3.70. The second-order valence-corrected chi connectivity index (χ2v) is 6.83. The fraction of sp³-hybridized carbons (Fsp3) is 0.316. The predicted octanol–water partition coefficient (Wildman–Crippen LogP) is 3.81. The third kappa shape index (κ3) is 8.25. The first kappa shape index (κ1) is 23.4. The number of nitrogens with one attached hydrogen (secondary N) is 2. The average molecular weight is 546 g/mol. The molecule has 2 rings (SSSR count). The molecule has 0 aliphatic heterocycles. The van der Waals surface area contributed by atoms with E-state index in [1.54, 1.807) is 13.1 Å². The second-order valence-electron chi connectivity index (χ2n) is 5.92. The molecule has 146 valence electrons. The molecule has 1 amide bonds. The van der Waals surface area contributed by atoms with Gasteiger partial charge in [-0.15, -0.1) is 24.0 Å². The Morgan fingerprint density at radius 3 is 2.56 bits per heavy atom. The lowest BCUT2D eigenvalue weighted by Crippen LogP contribution is -2.39. The first-order valence-electron chi connectivity index (χ1n) is 8.37. The maximum Gasteiger partial charge on any atom is 0.227 e. The number of amides is 1. The van der Waals surface area contributed by atoms with Gasteiger partial charge in [-0.25, -0.2) is 4.98 Å². The number of halogens is 2. The fourth-order valence-corrected chi connectivity index (χ4v) is 2.69. The number of aryl methyl sites for hydroxylation is 1. The van der Waals surface area contributed by atoms with E-state index in [0.717, 1.165) is 22.7 Å². The van der Waals surface area contributed by atoms with Gasteiger partial charge in [0.2, 0.25) is 5.91 Å². The van der Waals surface area contributed by atoms with E-state index in [1.807, 2.05) is 43.1 Å². The maximum absolute atomic E-state index is 12.0. The lowest BCUT2D eigenvalue weighted by atomic mass is 10.2. The number of hydrogen-bond acceptors (Lipinski definition) is 3. The summed E-state index contributed by atoms with van der Waals surface area (Å²) in [7, 11) is 3.70. The van der Waals surface area contributed by atoms with Gasteiger partial charge in [0.25, 0.3) is 0 Å². The Morgan fingerprint density at radius 2 is 1.93 bits per heavy atom. The number of aliphatic imine (C=N–C) groups is 1. The minimum Gasteiger partial charge on any atom is -0.356 e. The van der Waals surface area contributed by atoms with Gasteiger partial charge >= 0.3 is 0 Å². The fourth-order valence-electron chi connectivity index (χ4n) is 2.43. The molecule has 0 unspecified atom stereocenters. The summed E-state index contributed by atoms with van der Waals surface area (Å²) < 4.78 is 1.06. The standard InChI is InChI=1S/C19H24BrN5O.HI/c1-14-5-4-6-17(23-14)24-18(26)11-12-22-19(21-2)25(3)13-15-7-9-16(20)10-8-15;/h4-10H,11-13H2,1-3H3,(H,21,22)(H,23,24,26);1H. The molecule has 0 atom stereocenters. The summed E-state index contributed by atoms with van der Waals surface area (Å²) in [5, 5.41) is 6.02. The number of pyridine rings is 1. The SMILES string of the molecule is CN=C(NCCC(=O)Nc1cccc(C)n1)N(C)Cc1ccc(Br)cc1.I. The number of nitrogens with zero attached hydrogens (tertiary/aromatic N) is 3. The van der Waals surface area contributed by atoms with Crippen LogP contribution in [0, 0.1) is 6.92 Å². The number of carbonyl (C=O) groups is 1.